The van der Waals surface area contributed by atoms with Gasteiger partial charge in [0.05, 0.1) is 43.5 Å². The minimum atomic E-state index is -3.88. The fourth-order valence-electron chi connectivity index (χ4n) is 5.47. The third-order valence-corrected chi connectivity index (χ3v) is 10.2. The molecule has 11 nitrogen and oxygen atoms in total. The molecule has 262 valence electrons. The number of amides is 2. The van der Waals surface area contributed by atoms with E-state index in [1.54, 1.807) is 13.2 Å². The van der Waals surface area contributed by atoms with Crippen molar-refractivity contribution in [1.82, 2.24) is 16.0 Å². The summed E-state index contributed by atoms with van der Waals surface area (Å²) in [6, 6.07) is 7.44. The van der Waals surface area contributed by atoms with E-state index in [1.807, 2.05) is 32.0 Å². The first-order valence-corrected chi connectivity index (χ1v) is 17.7. The quantitative estimate of drug-likeness (QED) is 0.175. The maximum absolute atomic E-state index is 14.1. The Bertz CT molecular complexity index is 1380. The van der Waals surface area contributed by atoms with E-state index in [9.17, 15) is 31.9 Å². The van der Waals surface area contributed by atoms with Crippen molar-refractivity contribution in [2.45, 2.75) is 88.5 Å². The number of aliphatic hydroxyl groups excluding tert-OH is 1. The summed E-state index contributed by atoms with van der Waals surface area (Å²) in [5.41, 5.74) is 1.02. The molecule has 4 atom stereocenters. The molecule has 14 heteroatoms. The van der Waals surface area contributed by atoms with Gasteiger partial charge in [-0.15, -0.1) is 0 Å². The second-order valence-corrected chi connectivity index (χ2v) is 14.1. The van der Waals surface area contributed by atoms with Crippen LogP contribution < -0.4 is 20.7 Å². The molecule has 1 heterocycles. The van der Waals surface area contributed by atoms with Crippen LogP contribution >= 0.6 is 0 Å². The standard InChI is InChI=1S/C33H47F2N3O8S/c1-4-7-28(8-5-2)47(42,43)21-30(38-33(41)46-27-11-12-45-20-27)32(40)37-29(16-23-13-24(34)17-25(35)14-23)31(39)19-36-18-22-9-6-10-26(15-22)44-3/h6,9-10,13-15,17,27-31,36,39H,4-5,7-8,11-12,16,18-21H2,1-3H3,(H,37,40)(H,38,41)/t27-,29-,30?,31+/m0/s1. The first-order chi connectivity index (χ1) is 22.4. The van der Waals surface area contributed by atoms with Gasteiger partial charge in [0.2, 0.25) is 5.91 Å². The molecule has 4 N–H and O–H groups in total. The third-order valence-electron chi connectivity index (χ3n) is 7.89. The lowest BCUT2D eigenvalue weighted by molar-refractivity contribution is -0.124. The number of nitrogens with one attached hydrogen (secondary N) is 3. The lowest BCUT2D eigenvalue weighted by Gasteiger charge is -2.28. The van der Waals surface area contributed by atoms with Crippen molar-refractivity contribution in [3.8, 4) is 5.75 Å². The predicted molar refractivity (Wildman–Crippen MR) is 173 cm³/mol. The van der Waals surface area contributed by atoms with Crippen LogP contribution in [-0.4, -0.2) is 87.7 Å². The Labute approximate surface area is 275 Å². The average molecular weight is 684 g/mol. The van der Waals surface area contributed by atoms with Gasteiger partial charge < -0.3 is 35.3 Å². The van der Waals surface area contributed by atoms with E-state index in [1.165, 1.54) is 0 Å². The van der Waals surface area contributed by atoms with Gasteiger partial charge in [-0.3, -0.25) is 4.79 Å². The fourth-order valence-corrected chi connectivity index (χ4v) is 7.63. The molecule has 0 saturated carbocycles. The number of carbonyl (C=O) groups is 2. The molecular weight excluding hydrogens is 636 g/mol. The number of alkyl carbamates (subject to hydrolysis) is 1. The van der Waals surface area contributed by atoms with E-state index in [0.717, 1.165) is 17.7 Å². The van der Waals surface area contributed by atoms with Crippen molar-refractivity contribution in [3.05, 3.63) is 65.2 Å². The molecule has 0 aliphatic carbocycles. The van der Waals surface area contributed by atoms with E-state index < -0.39 is 68.8 Å². The van der Waals surface area contributed by atoms with Gasteiger partial charge in [0.25, 0.3) is 0 Å². The van der Waals surface area contributed by atoms with Crippen LogP contribution in [0.1, 0.15) is 57.1 Å². The first kappa shape index (κ1) is 38.1. The zero-order valence-corrected chi connectivity index (χ0v) is 28.0. The highest BCUT2D eigenvalue weighted by Crippen LogP contribution is 2.18. The Kier molecular flexibility index (Phi) is 15.3. The van der Waals surface area contributed by atoms with Gasteiger partial charge in [-0.2, -0.15) is 0 Å². The van der Waals surface area contributed by atoms with E-state index >= 15 is 0 Å². The smallest absolute Gasteiger partial charge is 0.408 e. The van der Waals surface area contributed by atoms with Crippen LogP contribution in [0.4, 0.5) is 13.6 Å². The minimum Gasteiger partial charge on any atom is -0.497 e. The molecular formula is C33H47F2N3O8S. The number of methoxy groups -OCH3 is 1. The van der Waals surface area contributed by atoms with Gasteiger partial charge in [-0.25, -0.2) is 22.0 Å². The van der Waals surface area contributed by atoms with Crippen LogP contribution in [0.25, 0.3) is 0 Å². The van der Waals surface area contributed by atoms with Gasteiger partial charge in [-0.05, 0) is 54.7 Å². The summed E-state index contributed by atoms with van der Waals surface area (Å²) >= 11 is 0. The number of sulfone groups is 1. The maximum Gasteiger partial charge on any atom is 0.408 e. The number of benzene rings is 2. The number of hydrogen-bond donors (Lipinski definition) is 4. The summed E-state index contributed by atoms with van der Waals surface area (Å²) in [6.45, 7) is 4.60. The van der Waals surface area contributed by atoms with Crippen LogP contribution in [-0.2, 0) is 37.1 Å². The number of hydrogen-bond acceptors (Lipinski definition) is 9. The highest BCUT2D eigenvalue weighted by Gasteiger charge is 2.35. The second-order valence-electron chi connectivity index (χ2n) is 11.8. The summed E-state index contributed by atoms with van der Waals surface area (Å²) in [7, 11) is -2.34. The van der Waals surface area contributed by atoms with Gasteiger partial charge >= 0.3 is 6.09 Å². The van der Waals surface area contributed by atoms with Crippen LogP contribution in [0.2, 0.25) is 0 Å². The number of ether oxygens (including phenoxy) is 3. The topological polar surface area (TPSA) is 152 Å². The number of carbonyl (C=O) groups excluding carboxylic acids is 2. The summed E-state index contributed by atoms with van der Waals surface area (Å²) in [6.07, 6.45) is -0.556. The molecule has 0 spiro atoms. The Hall–Kier alpha value is -3.33. The van der Waals surface area contributed by atoms with Crippen molar-refractivity contribution < 1.29 is 46.1 Å². The molecule has 3 rings (SSSR count). The molecule has 1 aliphatic rings. The molecule has 1 saturated heterocycles. The predicted octanol–water partition coefficient (Wildman–Crippen LogP) is 3.42. The van der Waals surface area contributed by atoms with Crippen LogP contribution in [0, 0.1) is 11.6 Å². The average Bonchev–Trinajstić information content (AvgIpc) is 3.52. The maximum atomic E-state index is 14.1. The Morgan fingerprint density at radius 2 is 1.74 bits per heavy atom. The largest absolute Gasteiger partial charge is 0.497 e. The van der Waals surface area contributed by atoms with E-state index in [2.05, 4.69) is 16.0 Å². The van der Waals surface area contributed by atoms with Crippen molar-refractivity contribution in [2.75, 3.05) is 32.6 Å². The molecule has 1 aliphatic heterocycles. The number of aliphatic hydroxyl groups is 1. The molecule has 2 aromatic rings. The van der Waals surface area contributed by atoms with Gasteiger partial charge in [0, 0.05) is 25.6 Å². The van der Waals surface area contributed by atoms with Gasteiger partial charge in [0.15, 0.2) is 9.84 Å². The highest BCUT2D eigenvalue weighted by molar-refractivity contribution is 7.92. The SMILES string of the molecule is CCCC(CCC)S(=O)(=O)CC(NC(=O)O[C@H]1CCOC1)C(=O)N[C@@H](Cc1cc(F)cc(F)c1)[C@H](O)CNCc1cccc(OC)c1. The van der Waals surface area contributed by atoms with E-state index in [0.29, 0.717) is 57.1 Å². The Morgan fingerprint density at radius 3 is 2.36 bits per heavy atom. The highest BCUT2D eigenvalue weighted by atomic mass is 32.2. The summed E-state index contributed by atoms with van der Waals surface area (Å²) in [4.78, 5) is 26.6. The van der Waals surface area contributed by atoms with Crippen molar-refractivity contribution in [1.29, 1.82) is 0 Å². The molecule has 0 bridgehead atoms. The molecule has 0 aromatic heterocycles. The second kappa shape index (κ2) is 18.9. The Balaban J connectivity index is 1.83. The van der Waals surface area contributed by atoms with Crippen molar-refractivity contribution in [3.63, 3.8) is 0 Å². The lowest BCUT2D eigenvalue weighted by atomic mass is 10.00. The summed E-state index contributed by atoms with van der Waals surface area (Å²) in [5, 5.41) is 18.6. The zero-order valence-electron chi connectivity index (χ0n) is 27.2. The molecule has 1 fully saturated rings. The Morgan fingerprint density at radius 1 is 1.04 bits per heavy atom. The molecule has 2 amide bonds. The summed E-state index contributed by atoms with van der Waals surface area (Å²) in [5.74, 6) is -2.62. The van der Waals surface area contributed by atoms with Crippen molar-refractivity contribution in [2.24, 2.45) is 0 Å². The first-order valence-electron chi connectivity index (χ1n) is 16.0. The minimum absolute atomic E-state index is 0.0465. The zero-order chi connectivity index (χ0) is 34.4. The monoisotopic (exact) mass is 683 g/mol. The van der Waals surface area contributed by atoms with Crippen LogP contribution in [0.5, 0.6) is 5.75 Å². The summed E-state index contributed by atoms with van der Waals surface area (Å²) < 4.78 is 71.0. The van der Waals surface area contributed by atoms with Crippen LogP contribution in [0.15, 0.2) is 42.5 Å². The molecule has 2 aromatic carbocycles. The molecule has 47 heavy (non-hydrogen) atoms. The van der Waals surface area contributed by atoms with E-state index in [4.69, 9.17) is 14.2 Å². The van der Waals surface area contributed by atoms with Crippen LogP contribution in [0.3, 0.4) is 0 Å². The van der Waals surface area contributed by atoms with Crippen molar-refractivity contribution >= 4 is 21.8 Å². The third kappa shape index (κ3) is 12.7. The van der Waals surface area contributed by atoms with Gasteiger partial charge in [-0.1, -0.05) is 38.8 Å². The molecule has 0 radical (unpaired) electrons. The number of halogens is 2. The van der Waals surface area contributed by atoms with E-state index in [-0.39, 0.29) is 25.1 Å². The normalized spacial score (nSPS) is 16.8. The molecule has 1 unspecified atom stereocenters. The lowest BCUT2D eigenvalue weighted by Crippen LogP contribution is -2.57. The van der Waals surface area contributed by atoms with Gasteiger partial charge in [0.1, 0.15) is 29.5 Å². The fraction of sp³-hybridized carbons (Fsp3) is 0.576. The number of rotatable bonds is 19.